The van der Waals surface area contributed by atoms with Gasteiger partial charge in [-0.05, 0) is 40.5 Å². The lowest BCUT2D eigenvalue weighted by atomic mass is 10.2. The molecule has 6 heteroatoms. The Bertz CT molecular complexity index is 583. The first-order valence-electron chi connectivity index (χ1n) is 5.64. The molecule has 2 rings (SSSR count). The highest BCUT2D eigenvalue weighted by molar-refractivity contribution is 9.10. The minimum absolute atomic E-state index is 0.151. The van der Waals surface area contributed by atoms with Gasteiger partial charge < -0.3 is 5.32 Å². The van der Waals surface area contributed by atoms with Crippen LogP contribution in [0.15, 0.2) is 27.6 Å². The molecule has 4 nitrogen and oxygen atoms in total. The number of carbonyl (C=O) groups is 1. The van der Waals surface area contributed by atoms with Crippen LogP contribution in [0.5, 0.6) is 0 Å². The van der Waals surface area contributed by atoms with E-state index in [9.17, 15) is 13.2 Å². The van der Waals surface area contributed by atoms with Gasteiger partial charge in [-0.25, -0.2) is 8.42 Å². The Morgan fingerprint density at radius 3 is 2.61 bits per heavy atom. The maximum atomic E-state index is 11.4. The Morgan fingerprint density at radius 1 is 1.39 bits per heavy atom. The van der Waals surface area contributed by atoms with Crippen LogP contribution < -0.4 is 5.32 Å². The first-order valence-corrected chi connectivity index (χ1v) is 8.32. The number of nitrogens with one attached hydrogen (secondary N) is 1. The van der Waals surface area contributed by atoms with Crippen LogP contribution in [-0.2, 0) is 14.6 Å². The Hall–Kier alpha value is -0.880. The van der Waals surface area contributed by atoms with Crippen molar-refractivity contribution in [1.29, 1.82) is 0 Å². The molecule has 1 aliphatic rings. The molecule has 0 aromatic heterocycles. The van der Waals surface area contributed by atoms with Gasteiger partial charge in [-0.3, -0.25) is 4.79 Å². The number of halogens is 1. The SMILES string of the molecule is CS(=O)(=O)c1ccc(NC2CCC(=O)C2)c(Br)c1. The van der Waals surface area contributed by atoms with E-state index in [1.54, 1.807) is 18.2 Å². The van der Waals surface area contributed by atoms with Crippen LogP contribution >= 0.6 is 15.9 Å². The van der Waals surface area contributed by atoms with Gasteiger partial charge in [-0.15, -0.1) is 0 Å². The summed E-state index contributed by atoms with van der Waals surface area (Å²) in [5, 5.41) is 3.26. The van der Waals surface area contributed by atoms with Crippen LogP contribution in [0.1, 0.15) is 19.3 Å². The average molecular weight is 332 g/mol. The van der Waals surface area contributed by atoms with Gasteiger partial charge in [0.2, 0.25) is 0 Å². The Morgan fingerprint density at radius 2 is 2.11 bits per heavy atom. The van der Waals surface area contributed by atoms with Crippen LogP contribution in [0.4, 0.5) is 5.69 Å². The van der Waals surface area contributed by atoms with Gasteiger partial charge in [0.05, 0.1) is 4.90 Å². The number of carbonyl (C=O) groups excluding carboxylic acids is 1. The molecule has 18 heavy (non-hydrogen) atoms. The molecule has 0 spiro atoms. The molecule has 1 aromatic rings. The predicted molar refractivity (Wildman–Crippen MR) is 73.5 cm³/mol. The molecule has 0 saturated heterocycles. The molecule has 1 aromatic carbocycles. The summed E-state index contributed by atoms with van der Waals surface area (Å²) in [5.74, 6) is 0.274. The van der Waals surface area contributed by atoms with Gasteiger partial charge in [-0.2, -0.15) is 0 Å². The van der Waals surface area contributed by atoms with E-state index < -0.39 is 9.84 Å². The van der Waals surface area contributed by atoms with E-state index in [4.69, 9.17) is 0 Å². The molecule has 0 radical (unpaired) electrons. The molecule has 98 valence electrons. The maximum Gasteiger partial charge on any atom is 0.175 e. The smallest absolute Gasteiger partial charge is 0.175 e. The fourth-order valence-corrected chi connectivity index (χ4v) is 3.29. The van der Waals surface area contributed by atoms with Gasteiger partial charge in [-0.1, -0.05) is 0 Å². The van der Waals surface area contributed by atoms with E-state index in [0.717, 1.165) is 12.1 Å². The number of sulfone groups is 1. The first kappa shape index (κ1) is 13.5. The van der Waals surface area contributed by atoms with Crippen LogP contribution in [0.25, 0.3) is 0 Å². The van der Waals surface area contributed by atoms with Crippen LogP contribution in [0.3, 0.4) is 0 Å². The third-order valence-corrected chi connectivity index (χ3v) is 4.74. The van der Waals surface area contributed by atoms with Crippen LogP contribution in [0.2, 0.25) is 0 Å². The third kappa shape index (κ3) is 3.11. The minimum atomic E-state index is -3.19. The van der Waals surface area contributed by atoms with E-state index >= 15 is 0 Å². The second-order valence-corrected chi connectivity index (χ2v) is 7.41. The molecular formula is C12H14BrNO3S. The average Bonchev–Trinajstić information content (AvgIpc) is 2.65. The number of anilines is 1. The zero-order valence-electron chi connectivity index (χ0n) is 9.94. The van der Waals surface area contributed by atoms with Crippen molar-refractivity contribution in [1.82, 2.24) is 0 Å². The molecule has 1 N–H and O–H groups in total. The molecule has 0 amide bonds. The van der Waals surface area contributed by atoms with Crippen molar-refractivity contribution in [2.24, 2.45) is 0 Å². The second-order valence-electron chi connectivity index (χ2n) is 4.54. The lowest BCUT2D eigenvalue weighted by Crippen LogP contribution is -2.16. The molecule has 1 aliphatic carbocycles. The number of benzene rings is 1. The summed E-state index contributed by atoms with van der Waals surface area (Å²) in [6.45, 7) is 0. The zero-order chi connectivity index (χ0) is 13.3. The summed E-state index contributed by atoms with van der Waals surface area (Å²) < 4.78 is 23.5. The van der Waals surface area contributed by atoms with Crippen molar-refractivity contribution < 1.29 is 13.2 Å². The highest BCUT2D eigenvalue weighted by Crippen LogP contribution is 2.28. The number of hydrogen-bond acceptors (Lipinski definition) is 4. The molecule has 0 bridgehead atoms. The fraction of sp³-hybridized carbons (Fsp3) is 0.417. The number of rotatable bonds is 3. The lowest BCUT2D eigenvalue weighted by Gasteiger charge is -2.14. The molecule has 0 heterocycles. The topological polar surface area (TPSA) is 63.2 Å². The standard InChI is InChI=1S/C12H14BrNO3S/c1-18(16,17)10-4-5-12(11(13)7-10)14-8-2-3-9(15)6-8/h4-5,7-8,14H,2-3,6H2,1H3. The molecule has 1 atom stereocenters. The van der Waals surface area contributed by atoms with Gasteiger partial charge in [0, 0.05) is 35.3 Å². The van der Waals surface area contributed by atoms with E-state index in [2.05, 4.69) is 21.2 Å². The van der Waals surface area contributed by atoms with E-state index in [0.29, 0.717) is 17.3 Å². The minimum Gasteiger partial charge on any atom is -0.381 e. The van der Waals surface area contributed by atoms with Gasteiger partial charge >= 0.3 is 0 Å². The number of Topliss-reactive ketones (excluding diaryl/α,β-unsaturated/α-hetero) is 1. The Balaban J connectivity index is 2.18. The van der Waals surface area contributed by atoms with Crippen molar-refractivity contribution in [3.63, 3.8) is 0 Å². The molecule has 1 fully saturated rings. The Labute approximate surface area is 115 Å². The summed E-state index contributed by atoms with van der Waals surface area (Å²) in [6, 6.07) is 5.02. The van der Waals surface area contributed by atoms with Crippen molar-refractivity contribution in [3.8, 4) is 0 Å². The Kier molecular flexibility index (Phi) is 3.77. The molecule has 1 saturated carbocycles. The summed E-state index contributed by atoms with van der Waals surface area (Å²) in [7, 11) is -3.19. The fourth-order valence-electron chi connectivity index (χ4n) is 2.00. The summed E-state index contributed by atoms with van der Waals surface area (Å²) in [4.78, 5) is 11.5. The van der Waals surface area contributed by atoms with Crippen molar-refractivity contribution in [3.05, 3.63) is 22.7 Å². The second kappa shape index (κ2) is 5.01. The molecule has 0 aliphatic heterocycles. The van der Waals surface area contributed by atoms with Gasteiger partial charge in [0.1, 0.15) is 5.78 Å². The highest BCUT2D eigenvalue weighted by atomic mass is 79.9. The molecule has 1 unspecified atom stereocenters. The maximum absolute atomic E-state index is 11.4. The van der Waals surface area contributed by atoms with Crippen molar-refractivity contribution in [2.45, 2.75) is 30.2 Å². The predicted octanol–water partition coefficient (Wildman–Crippen LogP) is 2.39. The van der Waals surface area contributed by atoms with E-state index in [-0.39, 0.29) is 16.7 Å². The third-order valence-electron chi connectivity index (χ3n) is 2.97. The van der Waals surface area contributed by atoms with E-state index in [1.165, 1.54) is 6.26 Å². The largest absolute Gasteiger partial charge is 0.381 e. The van der Waals surface area contributed by atoms with Crippen LogP contribution in [-0.4, -0.2) is 26.5 Å². The quantitative estimate of drug-likeness (QED) is 0.923. The summed E-state index contributed by atoms with van der Waals surface area (Å²) in [5.41, 5.74) is 0.821. The van der Waals surface area contributed by atoms with Crippen LogP contribution in [0, 0.1) is 0 Å². The molecular weight excluding hydrogens is 318 g/mol. The lowest BCUT2D eigenvalue weighted by molar-refractivity contribution is -0.117. The monoisotopic (exact) mass is 331 g/mol. The van der Waals surface area contributed by atoms with Crippen molar-refractivity contribution in [2.75, 3.05) is 11.6 Å². The number of hydrogen-bond donors (Lipinski definition) is 1. The highest BCUT2D eigenvalue weighted by Gasteiger charge is 2.22. The summed E-state index contributed by atoms with van der Waals surface area (Å²) >= 11 is 3.35. The van der Waals surface area contributed by atoms with Gasteiger partial charge in [0.25, 0.3) is 0 Å². The van der Waals surface area contributed by atoms with Crippen molar-refractivity contribution >= 4 is 37.2 Å². The first-order chi connectivity index (χ1) is 8.36. The normalized spacial score (nSPS) is 20.1. The summed E-state index contributed by atoms with van der Waals surface area (Å²) in [6.07, 6.45) is 3.17. The zero-order valence-corrected chi connectivity index (χ0v) is 12.3. The number of ketones is 1. The van der Waals surface area contributed by atoms with E-state index in [1.807, 2.05) is 0 Å². The van der Waals surface area contributed by atoms with Gasteiger partial charge in [0.15, 0.2) is 9.84 Å².